The van der Waals surface area contributed by atoms with Gasteiger partial charge < -0.3 is 20.3 Å². The number of methoxy groups -OCH3 is 1. The average molecular weight is 267 g/mol. The maximum atomic E-state index is 11.8. The van der Waals surface area contributed by atoms with Gasteiger partial charge in [0.1, 0.15) is 11.8 Å². The predicted octanol–water partition coefficient (Wildman–Crippen LogP) is 1.00. The Morgan fingerprint density at radius 1 is 1.37 bits per heavy atom. The number of phenolic OH excluding ortho intramolecular Hbond substituents is 1. The molecule has 3 N–H and O–H groups in total. The lowest BCUT2D eigenvalue weighted by Gasteiger charge is -2.14. The number of amides is 1. The summed E-state index contributed by atoms with van der Waals surface area (Å²) in [6, 6.07) is 4.98. The van der Waals surface area contributed by atoms with Crippen LogP contribution < -0.4 is 5.32 Å². The number of benzene rings is 1. The molecule has 0 saturated carbocycles. The van der Waals surface area contributed by atoms with E-state index in [1.165, 1.54) is 19.2 Å². The third-order valence-corrected chi connectivity index (χ3v) is 2.59. The molecule has 0 fully saturated rings. The fourth-order valence-corrected chi connectivity index (χ4v) is 1.59. The van der Waals surface area contributed by atoms with Crippen LogP contribution in [0.2, 0.25) is 0 Å². The van der Waals surface area contributed by atoms with Crippen LogP contribution in [0.3, 0.4) is 0 Å². The normalized spacial score (nSPS) is 11.8. The van der Waals surface area contributed by atoms with Gasteiger partial charge in [-0.15, -0.1) is 0 Å². The number of carboxylic acid groups (broad SMARTS) is 1. The molecule has 0 bridgehead atoms. The standard InChI is InChI=1S/C13H17NO5/c1-19-8-4-6-10(13(17)18)14-12(16)9-5-2-3-7-11(9)15/h2-3,5,7,10,15H,4,6,8H2,1H3,(H,14,16)(H,17,18). The summed E-state index contributed by atoms with van der Waals surface area (Å²) >= 11 is 0. The number of aliphatic carboxylic acids is 1. The zero-order chi connectivity index (χ0) is 14.3. The first-order chi connectivity index (χ1) is 9.06. The van der Waals surface area contributed by atoms with E-state index in [0.29, 0.717) is 13.0 Å². The number of carboxylic acids is 1. The van der Waals surface area contributed by atoms with Crippen molar-refractivity contribution in [1.29, 1.82) is 0 Å². The lowest BCUT2D eigenvalue weighted by atomic mass is 10.1. The Balaban J connectivity index is 2.66. The SMILES string of the molecule is COCCCC(NC(=O)c1ccccc1O)C(=O)O. The number of carbonyl (C=O) groups excluding carboxylic acids is 1. The van der Waals surface area contributed by atoms with E-state index in [1.807, 2.05) is 0 Å². The molecule has 19 heavy (non-hydrogen) atoms. The van der Waals surface area contributed by atoms with Crippen LogP contribution >= 0.6 is 0 Å². The first kappa shape index (κ1) is 15.0. The lowest BCUT2D eigenvalue weighted by Crippen LogP contribution is -2.40. The fourth-order valence-electron chi connectivity index (χ4n) is 1.59. The molecule has 0 aromatic heterocycles. The van der Waals surface area contributed by atoms with Gasteiger partial charge >= 0.3 is 5.97 Å². The van der Waals surface area contributed by atoms with E-state index in [-0.39, 0.29) is 17.7 Å². The maximum Gasteiger partial charge on any atom is 0.326 e. The summed E-state index contributed by atoms with van der Waals surface area (Å²) < 4.78 is 4.84. The summed E-state index contributed by atoms with van der Waals surface area (Å²) in [7, 11) is 1.52. The molecular weight excluding hydrogens is 250 g/mol. The molecule has 0 aliphatic carbocycles. The predicted molar refractivity (Wildman–Crippen MR) is 68.1 cm³/mol. The van der Waals surface area contributed by atoms with Crippen LogP contribution in [-0.2, 0) is 9.53 Å². The monoisotopic (exact) mass is 267 g/mol. The van der Waals surface area contributed by atoms with Gasteiger partial charge in [0.25, 0.3) is 5.91 Å². The van der Waals surface area contributed by atoms with Crippen molar-refractivity contribution < 1.29 is 24.5 Å². The molecule has 1 atom stereocenters. The van der Waals surface area contributed by atoms with Crippen molar-refractivity contribution in [3.8, 4) is 5.75 Å². The van der Waals surface area contributed by atoms with Crippen LogP contribution in [0, 0.1) is 0 Å². The Hall–Kier alpha value is -2.08. The molecule has 1 amide bonds. The Morgan fingerprint density at radius 2 is 2.05 bits per heavy atom. The van der Waals surface area contributed by atoms with Gasteiger partial charge in [-0.2, -0.15) is 0 Å². The molecule has 1 rings (SSSR count). The molecule has 6 nitrogen and oxygen atoms in total. The van der Waals surface area contributed by atoms with Crippen molar-refractivity contribution in [3.63, 3.8) is 0 Å². The van der Waals surface area contributed by atoms with E-state index in [0.717, 1.165) is 0 Å². The summed E-state index contributed by atoms with van der Waals surface area (Å²) in [6.45, 7) is 0.427. The number of carbonyl (C=O) groups is 2. The summed E-state index contributed by atoms with van der Waals surface area (Å²) in [5.74, 6) is -1.90. The minimum absolute atomic E-state index is 0.0560. The summed E-state index contributed by atoms with van der Waals surface area (Å²) in [5.41, 5.74) is 0.0560. The summed E-state index contributed by atoms with van der Waals surface area (Å²) in [6.07, 6.45) is 0.789. The minimum Gasteiger partial charge on any atom is -0.507 e. The highest BCUT2D eigenvalue weighted by Crippen LogP contribution is 2.15. The first-order valence-corrected chi connectivity index (χ1v) is 5.87. The van der Waals surface area contributed by atoms with Gasteiger partial charge in [0, 0.05) is 13.7 Å². The van der Waals surface area contributed by atoms with E-state index < -0.39 is 17.9 Å². The van der Waals surface area contributed by atoms with Gasteiger partial charge in [-0.25, -0.2) is 4.79 Å². The lowest BCUT2D eigenvalue weighted by molar-refractivity contribution is -0.139. The smallest absolute Gasteiger partial charge is 0.326 e. The Labute approximate surface area is 111 Å². The van der Waals surface area contributed by atoms with Crippen molar-refractivity contribution in [2.45, 2.75) is 18.9 Å². The zero-order valence-corrected chi connectivity index (χ0v) is 10.6. The fraction of sp³-hybridized carbons (Fsp3) is 0.385. The van der Waals surface area contributed by atoms with Gasteiger partial charge in [0.15, 0.2) is 0 Å². The van der Waals surface area contributed by atoms with Crippen LogP contribution in [0.25, 0.3) is 0 Å². The Kier molecular flexibility index (Phi) is 5.81. The molecule has 0 aliphatic rings. The van der Waals surface area contributed by atoms with Crippen LogP contribution in [0.4, 0.5) is 0 Å². The molecule has 1 aromatic carbocycles. The van der Waals surface area contributed by atoms with Crippen molar-refractivity contribution in [2.75, 3.05) is 13.7 Å². The second kappa shape index (κ2) is 7.38. The third-order valence-electron chi connectivity index (χ3n) is 2.59. The molecule has 0 aliphatic heterocycles. The minimum atomic E-state index is -1.11. The highest BCUT2D eigenvalue weighted by Gasteiger charge is 2.21. The topological polar surface area (TPSA) is 95.9 Å². The molecule has 0 saturated heterocycles. The Morgan fingerprint density at radius 3 is 2.63 bits per heavy atom. The van der Waals surface area contributed by atoms with E-state index in [9.17, 15) is 14.7 Å². The number of phenols is 1. The molecule has 1 aromatic rings. The molecule has 6 heteroatoms. The molecule has 1 unspecified atom stereocenters. The van der Waals surface area contributed by atoms with Gasteiger partial charge in [0.05, 0.1) is 5.56 Å². The summed E-state index contributed by atoms with van der Waals surface area (Å²) in [5, 5.41) is 20.9. The van der Waals surface area contributed by atoms with Crippen molar-refractivity contribution in [2.24, 2.45) is 0 Å². The number of hydrogen-bond donors (Lipinski definition) is 3. The maximum absolute atomic E-state index is 11.8. The number of aromatic hydroxyl groups is 1. The average Bonchev–Trinajstić information content (AvgIpc) is 2.38. The van der Waals surface area contributed by atoms with Gasteiger partial charge in [0.2, 0.25) is 0 Å². The quantitative estimate of drug-likeness (QED) is 0.640. The van der Waals surface area contributed by atoms with Crippen LogP contribution in [0.5, 0.6) is 5.75 Å². The zero-order valence-electron chi connectivity index (χ0n) is 10.6. The highest BCUT2D eigenvalue weighted by atomic mass is 16.5. The van der Waals surface area contributed by atoms with Gasteiger partial charge in [-0.3, -0.25) is 4.79 Å². The van der Waals surface area contributed by atoms with Crippen LogP contribution in [-0.4, -0.2) is 41.8 Å². The first-order valence-electron chi connectivity index (χ1n) is 5.87. The number of nitrogens with one attached hydrogen (secondary N) is 1. The number of para-hydroxylation sites is 1. The van der Waals surface area contributed by atoms with E-state index >= 15 is 0 Å². The van der Waals surface area contributed by atoms with Crippen LogP contribution in [0.15, 0.2) is 24.3 Å². The van der Waals surface area contributed by atoms with E-state index in [2.05, 4.69) is 5.32 Å². The van der Waals surface area contributed by atoms with Crippen molar-refractivity contribution in [1.82, 2.24) is 5.32 Å². The third kappa shape index (κ3) is 4.59. The second-order valence-corrected chi connectivity index (χ2v) is 4.02. The van der Waals surface area contributed by atoms with Gasteiger partial charge in [-0.05, 0) is 25.0 Å². The van der Waals surface area contributed by atoms with Crippen molar-refractivity contribution in [3.05, 3.63) is 29.8 Å². The summed E-state index contributed by atoms with van der Waals surface area (Å²) in [4.78, 5) is 22.9. The van der Waals surface area contributed by atoms with Crippen molar-refractivity contribution >= 4 is 11.9 Å². The largest absolute Gasteiger partial charge is 0.507 e. The number of hydrogen-bond acceptors (Lipinski definition) is 4. The number of ether oxygens (including phenoxy) is 1. The molecule has 104 valence electrons. The molecular formula is C13H17NO5. The Bertz CT molecular complexity index is 446. The van der Waals surface area contributed by atoms with Gasteiger partial charge in [-0.1, -0.05) is 12.1 Å². The highest BCUT2D eigenvalue weighted by molar-refractivity contribution is 5.98. The second-order valence-electron chi connectivity index (χ2n) is 4.02. The molecule has 0 heterocycles. The van der Waals surface area contributed by atoms with E-state index in [4.69, 9.17) is 9.84 Å². The number of rotatable bonds is 7. The van der Waals surface area contributed by atoms with E-state index in [1.54, 1.807) is 12.1 Å². The molecule has 0 spiro atoms. The molecule has 0 radical (unpaired) electrons. The van der Waals surface area contributed by atoms with Crippen LogP contribution in [0.1, 0.15) is 23.2 Å².